The zero-order chi connectivity index (χ0) is 26.4. The molecule has 1 fully saturated rings. The number of nitrogens with two attached hydrogens (primary N) is 1. The van der Waals surface area contributed by atoms with Crippen LogP contribution in [0.15, 0.2) is 42.7 Å². The standard InChI is InChI=1S/C23H22F3N7O4/c24-23(25,26)37-20-4-1-14(9-18(20)30-21(35)13-33-5-7-36-8-6-33)19(34)10-16-2-3-17(32-31-16)15-11-28-22(27)29-12-15/h1-4,9,11-12H,5-8,10,13H2,(H,30,35)(H2,27,28,29). The SMILES string of the molecule is Nc1ncc(-c2ccc(CC(=O)c3ccc(OC(F)(F)F)c(NC(=O)CN4CCOCC4)c3)nn2)cn1. The summed E-state index contributed by atoms with van der Waals surface area (Å²) in [5.74, 6) is -1.51. The van der Waals surface area contributed by atoms with Gasteiger partial charge in [0.15, 0.2) is 11.5 Å². The summed E-state index contributed by atoms with van der Waals surface area (Å²) in [7, 11) is 0. The van der Waals surface area contributed by atoms with Crippen molar-refractivity contribution in [3.8, 4) is 17.0 Å². The first-order valence-corrected chi connectivity index (χ1v) is 11.1. The van der Waals surface area contributed by atoms with Gasteiger partial charge in [0.1, 0.15) is 0 Å². The number of nitrogen functional groups attached to an aromatic ring is 1. The van der Waals surface area contributed by atoms with E-state index in [0.29, 0.717) is 43.3 Å². The third kappa shape index (κ3) is 7.41. The molecule has 37 heavy (non-hydrogen) atoms. The Hall–Kier alpha value is -4.17. The van der Waals surface area contributed by atoms with Crippen molar-refractivity contribution < 1.29 is 32.2 Å². The number of morpholine rings is 1. The molecule has 1 aromatic carbocycles. The van der Waals surface area contributed by atoms with E-state index in [9.17, 15) is 22.8 Å². The molecule has 11 nitrogen and oxygen atoms in total. The third-order valence-corrected chi connectivity index (χ3v) is 5.30. The van der Waals surface area contributed by atoms with E-state index in [-0.39, 0.29) is 30.2 Å². The van der Waals surface area contributed by atoms with Crippen LogP contribution in [0.4, 0.5) is 24.8 Å². The van der Waals surface area contributed by atoms with Crippen molar-refractivity contribution in [3.63, 3.8) is 0 Å². The van der Waals surface area contributed by atoms with Gasteiger partial charge >= 0.3 is 6.36 Å². The minimum absolute atomic E-state index is 0.0476. The predicted octanol–water partition coefficient (Wildman–Crippen LogP) is 2.11. The van der Waals surface area contributed by atoms with Gasteiger partial charge in [-0.2, -0.15) is 10.2 Å². The van der Waals surface area contributed by atoms with Crippen molar-refractivity contribution in [3.05, 3.63) is 54.0 Å². The number of benzene rings is 1. The molecule has 1 saturated heterocycles. The number of anilines is 2. The fraction of sp³-hybridized carbons (Fsp3) is 0.304. The zero-order valence-electron chi connectivity index (χ0n) is 19.4. The Morgan fingerprint density at radius 3 is 2.46 bits per heavy atom. The molecule has 0 aliphatic carbocycles. The van der Waals surface area contributed by atoms with E-state index in [1.54, 1.807) is 17.0 Å². The number of Topliss-reactive ketones (excluding diaryl/α,β-unsaturated/α-hetero) is 1. The monoisotopic (exact) mass is 517 g/mol. The number of nitrogens with zero attached hydrogens (tertiary/aromatic N) is 5. The summed E-state index contributed by atoms with van der Waals surface area (Å²) in [5.41, 5.74) is 6.64. The Balaban J connectivity index is 1.48. The van der Waals surface area contributed by atoms with Gasteiger partial charge in [0.2, 0.25) is 11.9 Å². The number of nitrogens with one attached hydrogen (secondary N) is 1. The number of carbonyl (C=O) groups excluding carboxylic acids is 2. The van der Waals surface area contributed by atoms with Gasteiger partial charge in [-0.25, -0.2) is 9.97 Å². The van der Waals surface area contributed by atoms with Crippen LogP contribution in [0.5, 0.6) is 5.75 Å². The van der Waals surface area contributed by atoms with Gasteiger partial charge in [0.05, 0.1) is 43.3 Å². The average Bonchev–Trinajstić information content (AvgIpc) is 2.86. The highest BCUT2D eigenvalue weighted by molar-refractivity contribution is 6.00. The molecule has 0 saturated carbocycles. The van der Waals surface area contributed by atoms with Crippen LogP contribution in [0.25, 0.3) is 11.3 Å². The van der Waals surface area contributed by atoms with Crippen molar-refractivity contribution in [1.82, 2.24) is 25.1 Å². The second-order valence-electron chi connectivity index (χ2n) is 8.04. The van der Waals surface area contributed by atoms with Crippen molar-refractivity contribution in [1.29, 1.82) is 0 Å². The lowest BCUT2D eigenvalue weighted by atomic mass is 10.0. The molecule has 0 spiro atoms. The van der Waals surface area contributed by atoms with Gasteiger partial charge in [0.25, 0.3) is 0 Å². The van der Waals surface area contributed by atoms with Crippen LogP contribution in [0, 0.1) is 0 Å². The van der Waals surface area contributed by atoms with E-state index in [1.807, 2.05) is 0 Å². The average molecular weight is 517 g/mol. The second-order valence-corrected chi connectivity index (χ2v) is 8.04. The van der Waals surface area contributed by atoms with Crippen LogP contribution in [-0.4, -0.2) is 76.0 Å². The number of aromatic nitrogens is 4. The first-order valence-electron chi connectivity index (χ1n) is 11.1. The number of hydrogen-bond donors (Lipinski definition) is 2. The number of hydrogen-bond acceptors (Lipinski definition) is 10. The summed E-state index contributed by atoms with van der Waals surface area (Å²) < 4.78 is 48.0. The summed E-state index contributed by atoms with van der Waals surface area (Å²) >= 11 is 0. The number of rotatable bonds is 8. The fourth-order valence-corrected chi connectivity index (χ4v) is 3.51. The van der Waals surface area contributed by atoms with Gasteiger partial charge in [-0.05, 0) is 30.3 Å². The summed E-state index contributed by atoms with van der Waals surface area (Å²) in [6.07, 6.45) is -2.19. The number of halogens is 3. The lowest BCUT2D eigenvalue weighted by Crippen LogP contribution is -2.41. The van der Waals surface area contributed by atoms with E-state index >= 15 is 0 Å². The number of carbonyl (C=O) groups is 2. The molecule has 4 rings (SSSR count). The van der Waals surface area contributed by atoms with Crippen LogP contribution in [-0.2, 0) is 16.0 Å². The van der Waals surface area contributed by atoms with Gasteiger partial charge in [-0.1, -0.05) is 0 Å². The molecule has 0 unspecified atom stereocenters. The van der Waals surface area contributed by atoms with Gasteiger partial charge in [-0.15, -0.1) is 13.2 Å². The molecule has 2 aromatic heterocycles. The first-order chi connectivity index (χ1) is 17.7. The van der Waals surface area contributed by atoms with Crippen molar-refractivity contribution in [2.45, 2.75) is 12.8 Å². The number of ether oxygens (including phenoxy) is 2. The van der Waals surface area contributed by atoms with Crippen molar-refractivity contribution in [2.24, 2.45) is 0 Å². The lowest BCUT2D eigenvalue weighted by Gasteiger charge is -2.26. The molecule has 1 aliphatic rings. The maximum atomic E-state index is 12.9. The molecule has 1 aliphatic heterocycles. The van der Waals surface area contributed by atoms with Crippen LogP contribution in [0.2, 0.25) is 0 Å². The zero-order valence-corrected chi connectivity index (χ0v) is 19.4. The van der Waals surface area contributed by atoms with E-state index in [2.05, 4.69) is 30.2 Å². The van der Waals surface area contributed by atoms with Gasteiger partial charge in [0, 0.05) is 36.6 Å². The third-order valence-electron chi connectivity index (χ3n) is 5.30. The van der Waals surface area contributed by atoms with Crippen LogP contribution >= 0.6 is 0 Å². The molecule has 1 amide bonds. The van der Waals surface area contributed by atoms with E-state index in [0.717, 1.165) is 12.1 Å². The summed E-state index contributed by atoms with van der Waals surface area (Å²) in [4.78, 5) is 34.9. The minimum Gasteiger partial charge on any atom is -0.404 e. The maximum absolute atomic E-state index is 12.9. The van der Waals surface area contributed by atoms with E-state index < -0.39 is 23.8 Å². The fourth-order valence-electron chi connectivity index (χ4n) is 3.51. The predicted molar refractivity (Wildman–Crippen MR) is 125 cm³/mol. The molecular weight excluding hydrogens is 495 g/mol. The Morgan fingerprint density at radius 2 is 1.81 bits per heavy atom. The Labute approximate surface area is 208 Å². The molecule has 0 radical (unpaired) electrons. The maximum Gasteiger partial charge on any atom is 0.573 e. The van der Waals surface area contributed by atoms with E-state index in [1.165, 1.54) is 18.5 Å². The molecule has 14 heteroatoms. The number of amides is 1. The first kappa shape index (κ1) is 25.9. The van der Waals surface area contributed by atoms with Gasteiger partial charge in [-0.3, -0.25) is 14.5 Å². The second kappa shape index (κ2) is 11.3. The number of alkyl halides is 3. The van der Waals surface area contributed by atoms with Gasteiger partial charge < -0.3 is 20.5 Å². The summed E-state index contributed by atoms with van der Waals surface area (Å²) in [5, 5.41) is 10.5. The van der Waals surface area contributed by atoms with Crippen molar-refractivity contribution in [2.75, 3.05) is 43.9 Å². The number of ketones is 1. The Kier molecular flexibility index (Phi) is 7.89. The van der Waals surface area contributed by atoms with E-state index in [4.69, 9.17) is 10.5 Å². The molecule has 0 bridgehead atoms. The van der Waals surface area contributed by atoms with Crippen LogP contribution < -0.4 is 15.8 Å². The smallest absolute Gasteiger partial charge is 0.404 e. The highest BCUT2D eigenvalue weighted by Gasteiger charge is 2.32. The van der Waals surface area contributed by atoms with Crippen molar-refractivity contribution >= 4 is 23.3 Å². The Morgan fingerprint density at radius 1 is 1.08 bits per heavy atom. The minimum atomic E-state index is -4.98. The largest absolute Gasteiger partial charge is 0.573 e. The molecule has 194 valence electrons. The summed E-state index contributed by atoms with van der Waals surface area (Å²) in [6, 6.07) is 6.54. The molecule has 3 N–H and O–H groups in total. The normalized spacial score (nSPS) is 14.2. The van der Waals surface area contributed by atoms with Crippen LogP contribution in [0.3, 0.4) is 0 Å². The highest BCUT2D eigenvalue weighted by Crippen LogP contribution is 2.31. The van der Waals surface area contributed by atoms with Crippen LogP contribution in [0.1, 0.15) is 16.1 Å². The Bertz CT molecular complexity index is 1250. The highest BCUT2D eigenvalue weighted by atomic mass is 19.4. The lowest BCUT2D eigenvalue weighted by molar-refractivity contribution is -0.274. The quantitative estimate of drug-likeness (QED) is 0.426. The molecule has 3 heterocycles. The summed E-state index contributed by atoms with van der Waals surface area (Å²) in [6.45, 7) is 1.90. The topological polar surface area (TPSA) is 145 Å². The molecular formula is C23H22F3N7O4. The molecule has 0 atom stereocenters. The molecule has 3 aromatic rings.